The standard InChI is InChI=1S/C15H8N4O8/c20-13-15(26-11-5-7(18(22)23)1-3-9(11)16-13)14(21)17-10-4-2-8(19(24)25)6-12(10)27-15/h1-6H,(H,16,20)(H,17,21). The van der Waals surface area contributed by atoms with Crippen LogP contribution in [-0.2, 0) is 9.59 Å². The maximum Gasteiger partial charge on any atom is 0.415 e. The molecule has 0 radical (unpaired) electrons. The molecule has 0 unspecified atom stereocenters. The third-order valence-electron chi connectivity index (χ3n) is 3.95. The lowest BCUT2D eigenvalue weighted by Crippen LogP contribution is -2.64. The third-order valence-corrected chi connectivity index (χ3v) is 3.95. The van der Waals surface area contributed by atoms with Crippen molar-refractivity contribution in [2.24, 2.45) is 0 Å². The molecule has 2 aliphatic heterocycles. The average Bonchev–Trinajstić information content (AvgIpc) is 2.62. The summed E-state index contributed by atoms with van der Waals surface area (Å²) in [7, 11) is 0. The molecular formula is C15H8N4O8. The van der Waals surface area contributed by atoms with Crippen LogP contribution in [0.5, 0.6) is 11.5 Å². The number of benzene rings is 2. The van der Waals surface area contributed by atoms with E-state index in [0.29, 0.717) is 0 Å². The van der Waals surface area contributed by atoms with E-state index in [1.807, 2.05) is 0 Å². The summed E-state index contributed by atoms with van der Waals surface area (Å²) in [6.45, 7) is 0. The van der Waals surface area contributed by atoms with Crippen molar-refractivity contribution in [2.75, 3.05) is 10.6 Å². The highest BCUT2D eigenvalue weighted by molar-refractivity contribution is 6.19. The first-order valence-corrected chi connectivity index (χ1v) is 7.38. The highest BCUT2D eigenvalue weighted by Gasteiger charge is 2.57. The van der Waals surface area contributed by atoms with Gasteiger partial charge in [0.05, 0.1) is 33.4 Å². The maximum absolute atomic E-state index is 12.5. The Kier molecular flexibility index (Phi) is 3.24. The summed E-state index contributed by atoms with van der Waals surface area (Å²) in [6.07, 6.45) is 0. The Hall–Kier alpha value is -4.22. The number of carbonyl (C=O) groups excluding carboxylic acids is 2. The van der Waals surface area contributed by atoms with Gasteiger partial charge >= 0.3 is 17.6 Å². The average molecular weight is 372 g/mol. The van der Waals surface area contributed by atoms with Gasteiger partial charge in [0.15, 0.2) is 11.5 Å². The summed E-state index contributed by atoms with van der Waals surface area (Å²) in [6, 6.07) is 6.85. The zero-order chi connectivity index (χ0) is 19.3. The summed E-state index contributed by atoms with van der Waals surface area (Å²) in [4.78, 5) is 45.5. The Labute approximate surface area is 149 Å². The van der Waals surface area contributed by atoms with Gasteiger partial charge < -0.3 is 20.1 Å². The maximum atomic E-state index is 12.5. The largest absolute Gasteiger partial charge is 0.435 e. The third kappa shape index (κ3) is 2.38. The number of anilines is 2. The van der Waals surface area contributed by atoms with E-state index in [9.17, 15) is 29.8 Å². The predicted molar refractivity (Wildman–Crippen MR) is 87.4 cm³/mol. The minimum absolute atomic E-state index is 0.109. The fraction of sp³-hybridized carbons (Fsp3) is 0.0667. The molecule has 2 N–H and O–H groups in total. The van der Waals surface area contributed by atoms with Gasteiger partial charge in [-0.3, -0.25) is 29.8 Å². The molecule has 2 aromatic carbocycles. The van der Waals surface area contributed by atoms with E-state index in [1.165, 1.54) is 12.1 Å². The molecule has 2 aromatic rings. The van der Waals surface area contributed by atoms with Crippen molar-refractivity contribution >= 4 is 34.6 Å². The second kappa shape index (κ2) is 5.39. The molecule has 2 amide bonds. The Morgan fingerprint density at radius 2 is 1.19 bits per heavy atom. The van der Waals surface area contributed by atoms with Crippen LogP contribution in [0.3, 0.4) is 0 Å². The molecule has 4 rings (SSSR count). The number of nitro benzene ring substituents is 2. The predicted octanol–water partition coefficient (Wildman–Crippen LogP) is 1.56. The Morgan fingerprint density at radius 1 is 0.778 bits per heavy atom. The zero-order valence-corrected chi connectivity index (χ0v) is 13.1. The number of non-ortho nitro benzene ring substituents is 2. The summed E-state index contributed by atoms with van der Waals surface area (Å²) in [5, 5.41) is 26.6. The molecule has 12 nitrogen and oxygen atoms in total. The van der Waals surface area contributed by atoms with Crippen LogP contribution < -0.4 is 20.1 Å². The zero-order valence-electron chi connectivity index (χ0n) is 13.1. The van der Waals surface area contributed by atoms with E-state index < -0.39 is 27.4 Å². The van der Waals surface area contributed by atoms with Gasteiger partial charge in [0.1, 0.15) is 0 Å². The molecule has 1 spiro atoms. The number of ether oxygens (including phenoxy) is 2. The van der Waals surface area contributed by atoms with E-state index in [-0.39, 0.29) is 34.2 Å². The van der Waals surface area contributed by atoms with Gasteiger partial charge in [0.2, 0.25) is 0 Å². The fourth-order valence-corrected chi connectivity index (χ4v) is 2.65. The number of fused-ring (bicyclic) bond motifs is 2. The van der Waals surface area contributed by atoms with Crippen molar-refractivity contribution in [3.63, 3.8) is 0 Å². The number of nitrogens with one attached hydrogen (secondary N) is 2. The second-order valence-electron chi connectivity index (χ2n) is 5.60. The summed E-state index contributed by atoms with van der Waals surface area (Å²) in [5.41, 5.74) is -0.436. The highest BCUT2D eigenvalue weighted by Crippen LogP contribution is 2.42. The normalized spacial score (nSPS) is 16.1. The quantitative estimate of drug-likeness (QED) is 0.455. The molecule has 2 aliphatic rings. The van der Waals surface area contributed by atoms with Gasteiger partial charge in [-0.15, -0.1) is 0 Å². The molecule has 0 aromatic heterocycles. The van der Waals surface area contributed by atoms with Gasteiger partial charge in [-0.25, -0.2) is 0 Å². The van der Waals surface area contributed by atoms with E-state index in [0.717, 1.165) is 24.3 Å². The Balaban J connectivity index is 1.78. The van der Waals surface area contributed by atoms with Gasteiger partial charge in [-0.2, -0.15) is 0 Å². The topological polar surface area (TPSA) is 163 Å². The Morgan fingerprint density at radius 3 is 1.56 bits per heavy atom. The van der Waals surface area contributed by atoms with Crippen LogP contribution in [0, 0.1) is 20.2 Å². The van der Waals surface area contributed by atoms with Gasteiger partial charge in [-0.05, 0) is 12.1 Å². The van der Waals surface area contributed by atoms with Crippen LogP contribution in [-0.4, -0.2) is 27.4 Å². The first-order valence-electron chi connectivity index (χ1n) is 7.38. The van der Waals surface area contributed by atoms with Gasteiger partial charge in [0.25, 0.3) is 11.4 Å². The van der Waals surface area contributed by atoms with Crippen molar-refractivity contribution in [1.29, 1.82) is 0 Å². The molecular weight excluding hydrogens is 364 g/mol. The van der Waals surface area contributed by atoms with Crippen LogP contribution in [0.2, 0.25) is 0 Å². The lowest BCUT2D eigenvalue weighted by atomic mass is 10.1. The molecule has 0 atom stereocenters. The van der Waals surface area contributed by atoms with E-state index in [2.05, 4.69) is 10.6 Å². The lowest BCUT2D eigenvalue weighted by molar-refractivity contribution is -0.385. The van der Waals surface area contributed by atoms with Gasteiger partial charge in [-0.1, -0.05) is 0 Å². The van der Waals surface area contributed by atoms with Crippen LogP contribution in [0.25, 0.3) is 0 Å². The molecule has 0 fully saturated rings. The number of rotatable bonds is 2. The van der Waals surface area contributed by atoms with E-state index in [1.54, 1.807) is 0 Å². The second-order valence-corrected chi connectivity index (χ2v) is 5.60. The summed E-state index contributed by atoms with van der Waals surface area (Å²) < 4.78 is 10.8. The molecule has 0 saturated heterocycles. The highest BCUT2D eigenvalue weighted by atomic mass is 16.7. The van der Waals surface area contributed by atoms with Gasteiger partial charge in [0, 0.05) is 12.1 Å². The molecule has 27 heavy (non-hydrogen) atoms. The van der Waals surface area contributed by atoms with Crippen LogP contribution in [0.1, 0.15) is 0 Å². The van der Waals surface area contributed by atoms with Crippen LogP contribution in [0.15, 0.2) is 36.4 Å². The first kappa shape index (κ1) is 16.3. The fourth-order valence-electron chi connectivity index (χ4n) is 2.65. The molecule has 0 bridgehead atoms. The van der Waals surface area contributed by atoms with Crippen molar-refractivity contribution in [2.45, 2.75) is 5.79 Å². The summed E-state index contributed by atoms with van der Waals surface area (Å²) in [5.74, 6) is -4.82. The monoisotopic (exact) mass is 372 g/mol. The minimum atomic E-state index is -2.52. The minimum Gasteiger partial charge on any atom is -0.435 e. The number of nitro groups is 2. The number of carbonyl (C=O) groups is 2. The molecule has 136 valence electrons. The van der Waals surface area contributed by atoms with Crippen molar-refractivity contribution in [3.05, 3.63) is 56.6 Å². The molecule has 12 heteroatoms. The summed E-state index contributed by atoms with van der Waals surface area (Å²) >= 11 is 0. The smallest absolute Gasteiger partial charge is 0.415 e. The van der Waals surface area contributed by atoms with E-state index >= 15 is 0 Å². The number of hydrogen-bond acceptors (Lipinski definition) is 8. The Bertz CT molecular complexity index is 967. The number of hydrogen-bond donors (Lipinski definition) is 2. The molecule has 0 saturated carbocycles. The van der Waals surface area contributed by atoms with Crippen molar-refractivity contribution in [1.82, 2.24) is 0 Å². The van der Waals surface area contributed by atoms with Crippen molar-refractivity contribution in [3.8, 4) is 11.5 Å². The van der Waals surface area contributed by atoms with Crippen LogP contribution >= 0.6 is 0 Å². The number of amides is 2. The van der Waals surface area contributed by atoms with Crippen LogP contribution in [0.4, 0.5) is 22.7 Å². The number of nitrogens with zero attached hydrogens (tertiary/aromatic N) is 2. The SMILES string of the molecule is O=C1Nc2ccc([N+](=O)[O-])cc2OC12Oc1cc([N+](=O)[O-])ccc1NC2=O. The lowest BCUT2D eigenvalue weighted by Gasteiger charge is -2.38. The molecule has 0 aliphatic carbocycles. The first-order chi connectivity index (χ1) is 12.8. The van der Waals surface area contributed by atoms with Crippen molar-refractivity contribution < 1.29 is 28.9 Å². The molecule has 2 heterocycles. The van der Waals surface area contributed by atoms with E-state index in [4.69, 9.17) is 9.47 Å².